The number of nitrogens with zero attached hydrogens (tertiary/aromatic N) is 2. The van der Waals surface area contributed by atoms with Crippen molar-refractivity contribution >= 4 is 33.0 Å². The lowest BCUT2D eigenvalue weighted by Crippen LogP contribution is -3.08. The number of amides is 1. The van der Waals surface area contributed by atoms with Crippen LogP contribution in [-0.2, 0) is 21.2 Å². The Morgan fingerprint density at radius 1 is 1.32 bits per heavy atom. The van der Waals surface area contributed by atoms with E-state index in [2.05, 4.69) is 10.4 Å². The van der Waals surface area contributed by atoms with Crippen molar-refractivity contribution in [3.05, 3.63) is 46.2 Å². The van der Waals surface area contributed by atoms with Crippen molar-refractivity contribution in [2.24, 2.45) is 0 Å². The fourth-order valence-corrected chi connectivity index (χ4v) is 5.47. The van der Waals surface area contributed by atoms with Gasteiger partial charge in [0.15, 0.2) is 16.4 Å². The molecular formula is C19H26ClN4O3S+. The number of carbonyl (C=O) groups excluding carboxylic acids is 1. The van der Waals surface area contributed by atoms with E-state index in [-0.39, 0.29) is 23.5 Å². The fraction of sp³-hybridized carbons (Fsp3) is 0.474. The summed E-state index contributed by atoms with van der Waals surface area (Å²) >= 11 is 5.86. The Labute approximate surface area is 170 Å². The van der Waals surface area contributed by atoms with Gasteiger partial charge in [-0.25, -0.2) is 8.42 Å². The highest BCUT2D eigenvalue weighted by atomic mass is 35.5. The van der Waals surface area contributed by atoms with E-state index < -0.39 is 9.84 Å². The van der Waals surface area contributed by atoms with Gasteiger partial charge in [-0.15, -0.1) is 0 Å². The molecule has 2 heterocycles. The monoisotopic (exact) mass is 425 g/mol. The number of quaternary nitrogens is 1. The first kappa shape index (κ1) is 20.8. The molecule has 0 spiro atoms. The van der Waals surface area contributed by atoms with Crippen molar-refractivity contribution in [3.8, 4) is 0 Å². The van der Waals surface area contributed by atoms with Crippen molar-refractivity contribution in [1.29, 1.82) is 0 Å². The maximum Gasteiger partial charge on any atom is 0.279 e. The van der Waals surface area contributed by atoms with Gasteiger partial charge in [-0.3, -0.25) is 9.48 Å². The highest BCUT2D eigenvalue weighted by Gasteiger charge is 2.31. The Morgan fingerprint density at radius 3 is 2.61 bits per heavy atom. The summed E-state index contributed by atoms with van der Waals surface area (Å²) in [6.45, 7) is 4.86. The Morgan fingerprint density at radius 2 is 2.00 bits per heavy atom. The van der Waals surface area contributed by atoms with Crippen LogP contribution in [0.25, 0.3) is 0 Å². The second kappa shape index (κ2) is 8.23. The Balaban J connectivity index is 1.63. The molecule has 1 unspecified atom stereocenters. The highest BCUT2D eigenvalue weighted by Crippen LogP contribution is 2.26. The molecule has 1 aliphatic heterocycles. The summed E-state index contributed by atoms with van der Waals surface area (Å²) in [5.41, 5.74) is 3.65. The first-order valence-electron chi connectivity index (χ1n) is 9.26. The van der Waals surface area contributed by atoms with Gasteiger partial charge < -0.3 is 10.2 Å². The summed E-state index contributed by atoms with van der Waals surface area (Å²) in [7, 11) is -1.01. The molecule has 2 N–H and O–H groups in total. The third-order valence-electron chi connectivity index (χ3n) is 5.10. The minimum absolute atomic E-state index is 0.0793. The maximum atomic E-state index is 12.3. The van der Waals surface area contributed by atoms with Crippen molar-refractivity contribution in [2.75, 3.05) is 30.4 Å². The van der Waals surface area contributed by atoms with Crippen molar-refractivity contribution in [1.82, 2.24) is 9.78 Å². The summed E-state index contributed by atoms with van der Waals surface area (Å²) in [6.07, 6.45) is 0.607. The number of rotatable bonds is 6. The van der Waals surface area contributed by atoms with Gasteiger partial charge in [0.1, 0.15) is 6.54 Å². The van der Waals surface area contributed by atoms with Crippen LogP contribution in [0.5, 0.6) is 0 Å². The number of aryl methyl sites for hydroxylation is 1. The van der Waals surface area contributed by atoms with Gasteiger partial charge in [-0.2, -0.15) is 5.10 Å². The summed E-state index contributed by atoms with van der Waals surface area (Å²) in [5.74, 6) is 0.298. The molecule has 2 aromatic rings. The number of halogens is 1. The van der Waals surface area contributed by atoms with Gasteiger partial charge in [-0.05, 0) is 44.5 Å². The summed E-state index contributed by atoms with van der Waals surface area (Å²) in [5, 5.41) is 8.08. The molecule has 28 heavy (non-hydrogen) atoms. The third kappa shape index (κ3) is 4.92. The van der Waals surface area contributed by atoms with Crippen LogP contribution in [0, 0.1) is 13.8 Å². The van der Waals surface area contributed by atoms with Gasteiger partial charge >= 0.3 is 0 Å². The van der Waals surface area contributed by atoms with E-state index in [0.29, 0.717) is 30.2 Å². The van der Waals surface area contributed by atoms with Gasteiger partial charge in [0.05, 0.1) is 35.9 Å². The molecule has 1 saturated heterocycles. The van der Waals surface area contributed by atoms with Crippen LogP contribution < -0.4 is 10.2 Å². The lowest BCUT2D eigenvalue weighted by molar-refractivity contribution is -0.885. The predicted molar refractivity (Wildman–Crippen MR) is 110 cm³/mol. The Kier molecular flexibility index (Phi) is 6.12. The minimum atomic E-state index is -2.96. The standard InChI is InChI=1S/C19H25ClN4O3S/c1-13-18(14(2)24(22-13)17-8-9-28(26,27)12-17)10-23(3)11-19(25)21-16-6-4-15(20)5-7-16/h4-7,17H,8-12H2,1-3H3,(H,21,25)/p+1/t17-/m0/s1. The van der Waals surface area contributed by atoms with E-state index in [0.717, 1.165) is 21.9 Å². The number of hydrogen-bond acceptors (Lipinski definition) is 4. The average molecular weight is 426 g/mol. The van der Waals surface area contributed by atoms with Crippen molar-refractivity contribution in [3.63, 3.8) is 0 Å². The number of anilines is 1. The van der Waals surface area contributed by atoms with Crippen LogP contribution in [0.3, 0.4) is 0 Å². The van der Waals surface area contributed by atoms with Crippen LogP contribution >= 0.6 is 11.6 Å². The SMILES string of the molecule is Cc1nn([C@H]2CCS(=O)(=O)C2)c(C)c1C[NH+](C)CC(=O)Nc1ccc(Cl)cc1. The molecule has 9 heteroatoms. The van der Waals surface area contributed by atoms with E-state index in [1.807, 2.05) is 25.6 Å². The third-order valence-corrected chi connectivity index (χ3v) is 7.10. The fourth-order valence-electron chi connectivity index (χ4n) is 3.65. The van der Waals surface area contributed by atoms with Crippen LogP contribution in [0.2, 0.25) is 5.02 Å². The first-order chi connectivity index (χ1) is 13.1. The first-order valence-corrected chi connectivity index (χ1v) is 11.5. The van der Waals surface area contributed by atoms with E-state index in [9.17, 15) is 13.2 Å². The van der Waals surface area contributed by atoms with E-state index in [1.54, 1.807) is 24.3 Å². The molecule has 1 aromatic carbocycles. The van der Waals surface area contributed by atoms with E-state index >= 15 is 0 Å². The smallest absolute Gasteiger partial charge is 0.279 e. The zero-order valence-corrected chi connectivity index (χ0v) is 17.9. The van der Waals surface area contributed by atoms with Gasteiger partial charge in [0.25, 0.3) is 5.91 Å². The van der Waals surface area contributed by atoms with Gasteiger partial charge in [-0.1, -0.05) is 11.6 Å². The quantitative estimate of drug-likeness (QED) is 0.727. The molecule has 3 rings (SSSR count). The number of benzene rings is 1. The molecule has 152 valence electrons. The molecule has 0 radical (unpaired) electrons. The summed E-state index contributed by atoms with van der Waals surface area (Å²) in [6, 6.07) is 6.91. The van der Waals surface area contributed by atoms with Crippen LogP contribution in [0.15, 0.2) is 24.3 Å². The van der Waals surface area contributed by atoms with Crippen LogP contribution in [0.4, 0.5) is 5.69 Å². The molecule has 0 aliphatic carbocycles. The van der Waals surface area contributed by atoms with Gasteiger partial charge in [0, 0.05) is 16.4 Å². The van der Waals surface area contributed by atoms with Crippen molar-refractivity contribution < 1.29 is 18.1 Å². The molecule has 1 aliphatic rings. The van der Waals surface area contributed by atoms with E-state index in [1.165, 1.54) is 0 Å². The maximum absolute atomic E-state index is 12.3. The number of carbonyl (C=O) groups is 1. The molecule has 0 saturated carbocycles. The number of hydrogen-bond donors (Lipinski definition) is 2. The Bertz CT molecular complexity index is 970. The lowest BCUT2D eigenvalue weighted by atomic mass is 10.1. The highest BCUT2D eigenvalue weighted by molar-refractivity contribution is 7.91. The summed E-state index contributed by atoms with van der Waals surface area (Å²) < 4.78 is 25.4. The minimum Gasteiger partial charge on any atom is -0.326 e. The van der Waals surface area contributed by atoms with Gasteiger partial charge in [0.2, 0.25) is 0 Å². The number of likely N-dealkylation sites (N-methyl/N-ethyl adjacent to an activating group) is 1. The lowest BCUT2D eigenvalue weighted by Gasteiger charge is -2.15. The topological polar surface area (TPSA) is 85.5 Å². The predicted octanol–water partition coefficient (Wildman–Crippen LogP) is 1.17. The zero-order chi connectivity index (χ0) is 20.5. The molecule has 0 bridgehead atoms. The Hall–Kier alpha value is -1.90. The molecule has 7 nitrogen and oxygen atoms in total. The molecule has 2 atom stereocenters. The average Bonchev–Trinajstić information content (AvgIpc) is 3.10. The normalized spacial score (nSPS) is 19.5. The van der Waals surface area contributed by atoms with Crippen LogP contribution in [-0.4, -0.2) is 49.2 Å². The zero-order valence-electron chi connectivity index (χ0n) is 16.3. The number of nitrogens with one attached hydrogen (secondary N) is 2. The largest absolute Gasteiger partial charge is 0.326 e. The second-order valence-corrected chi connectivity index (χ2v) is 10.2. The number of aromatic nitrogens is 2. The molecule has 1 amide bonds. The molecule has 1 aromatic heterocycles. The number of sulfone groups is 1. The van der Waals surface area contributed by atoms with E-state index in [4.69, 9.17) is 11.6 Å². The molecular weight excluding hydrogens is 400 g/mol. The second-order valence-electron chi connectivity index (χ2n) is 7.52. The van der Waals surface area contributed by atoms with Crippen LogP contribution in [0.1, 0.15) is 29.4 Å². The summed E-state index contributed by atoms with van der Waals surface area (Å²) in [4.78, 5) is 13.3. The molecule has 1 fully saturated rings. The van der Waals surface area contributed by atoms with Crippen molar-refractivity contribution in [2.45, 2.75) is 32.9 Å².